The van der Waals surface area contributed by atoms with Crippen LogP contribution in [0.15, 0.2) is 47.6 Å². The summed E-state index contributed by atoms with van der Waals surface area (Å²) < 4.78 is 10.5. The Morgan fingerprint density at radius 1 is 1.14 bits per heavy atom. The van der Waals surface area contributed by atoms with Crippen molar-refractivity contribution in [2.24, 2.45) is 5.10 Å². The van der Waals surface area contributed by atoms with Crippen molar-refractivity contribution in [1.82, 2.24) is 0 Å². The summed E-state index contributed by atoms with van der Waals surface area (Å²) in [5.41, 5.74) is 3.99. The standard InChI is InChI=1S/C16H16N2O4/c1-21-14-9-5-6-11(15(14)22-2)10-17-18-13-8-4-3-7-12(13)16(19)20/h3-10,18H,1-2H3,(H,19,20)/b17-10-. The Kier molecular flexibility index (Phi) is 4.98. The topological polar surface area (TPSA) is 80.2 Å². The van der Waals surface area contributed by atoms with E-state index in [9.17, 15) is 4.79 Å². The molecule has 0 aliphatic rings. The quantitative estimate of drug-likeness (QED) is 0.633. The van der Waals surface area contributed by atoms with Crippen molar-refractivity contribution in [3.8, 4) is 11.5 Å². The average Bonchev–Trinajstić information content (AvgIpc) is 2.54. The lowest BCUT2D eigenvalue weighted by atomic mass is 10.2. The molecule has 0 unspecified atom stereocenters. The molecule has 0 aliphatic heterocycles. The third-order valence-electron chi connectivity index (χ3n) is 2.98. The normalized spacial score (nSPS) is 10.5. The number of nitrogens with one attached hydrogen (secondary N) is 1. The van der Waals surface area contributed by atoms with Gasteiger partial charge in [0.15, 0.2) is 11.5 Å². The van der Waals surface area contributed by atoms with Gasteiger partial charge in [-0.15, -0.1) is 0 Å². The van der Waals surface area contributed by atoms with Gasteiger partial charge in [-0.1, -0.05) is 18.2 Å². The molecule has 2 aromatic rings. The fourth-order valence-corrected chi connectivity index (χ4v) is 1.95. The molecule has 6 heteroatoms. The van der Waals surface area contributed by atoms with E-state index in [1.54, 1.807) is 44.7 Å². The van der Waals surface area contributed by atoms with Crippen LogP contribution in [0, 0.1) is 0 Å². The van der Waals surface area contributed by atoms with Crippen molar-refractivity contribution < 1.29 is 19.4 Å². The summed E-state index contributed by atoms with van der Waals surface area (Å²) in [6.45, 7) is 0. The van der Waals surface area contributed by atoms with E-state index in [1.165, 1.54) is 6.07 Å². The second kappa shape index (κ2) is 7.12. The van der Waals surface area contributed by atoms with Crippen molar-refractivity contribution in [2.45, 2.75) is 0 Å². The van der Waals surface area contributed by atoms with Gasteiger partial charge in [-0.3, -0.25) is 5.43 Å². The molecule has 2 rings (SSSR count). The number of para-hydroxylation sites is 2. The second-order valence-electron chi connectivity index (χ2n) is 4.30. The first-order valence-corrected chi connectivity index (χ1v) is 6.49. The summed E-state index contributed by atoms with van der Waals surface area (Å²) in [4.78, 5) is 11.1. The predicted molar refractivity (Wildman–Crippen MR) is 84.2 cm³/mol. The minimum Gasteiger partial charge on any atom is -0.493 e. The molecular formula is C16H16N2O4. The third kappa shape index (κ3) is 3.35. The highest BCUT2D eigenvalue weighted by molar-refractivity contribution is 5.94. The molecule has 0 aromatic heterocycles. The molecule has 2 N–H and O–H groups in total. The molecule has 0 fully saturated rings. The minimum absolute atomic E-state index is 0.150. The highest BCUT2D eigenvalue weighted by Crippen LogP contribution is 2.29. The summed E-state index contributed by atoms with van der Waals surface area (Å²) in [5.74, 6) is 0.136. The highest BCUT2D eigenvalue weighted by Gasteiger charge is 2.09. The van der Waals surface area contributed by atoms with Crippen LogP contribution in [0.5, 0.6) is 11.5 Å². The Morgan fingerprint density at radius 2 is 1.91 bits per heavy atom. The summed E-state index contributed by atoms with van der Waals surface area (Å²) in [7, 11) is 3.10. The number of aromatic carboxylic acids is 1. The van der Waals surface area contributed by atoms with E-state index in [4.69, 9.17) is 14.6 Å². The zero-order valence-corrected chi connectivity index (χ0v) is 12.2. The lowest BCUT2D eigenvalue weighted by molar-refractivity contribution is 0.0698. The molecule has 0 saturated carbocycles. The molecule has 0 spiro atoms. The number of carboxylic acids is 1. The molecule has 0 atom stereocenters. The van der Waals surface area contributed by atoms with Gasteiger partial charge in [0, 0.05) is 5.56 Å². The van der Waals surface area contributed by atoms with E-state index in [0.717, 1.165) is 0 Å². The van der Waals surface area contributed by atoms with E-state index in [0.29, 0.717) is 22.7 Å². The molecule has 0 bridgehead atoms. The molecule has 114 valence electrons. The highest BCUT2D eigenvalue weighted by atomic mass is 16.5. The molecule has 0 radical (unpaired) electrons. The first-order chi connectivity index (χ1) is 10.7. The Morgan fingerprint density at radius 3 is 2.59 bits per heavy atom. The van der Waals surface area contributed by atoms with Gasteiger partial charge < -0.3 is 14.6 Å². The van der Waals surface area contributed by atoms with E-state index in [1.807, 2.05) is 12.1 Å². The summed E-state index contributed by atoms with van der Waals surface area (Å²) in [6, 6.07) is 11.9. The number of ether oxygens (including phenoxy) is 2. The van der Waals surface area contributed by atoms with Crippen LogP contribution >= 0.6 is 0 Å². The first-order valence-electron chi connectivity index (χ1n) is 6.49. The maximum atomic E-state index is 11.1. The Hall–Kier alpha value is -3.02. The van der Waals surface area contributed by atoms with Gasteiger partial charge in [-0.25, -0.2) is 4.79 Å². The van der Waals surface area contributed by atoms with Crippen LogP contribution < -0.4 is 14.9 Å². The Balaban J connectivity index is 2.22. The molecular weight excluding hydrogens is 284 g/mol. The van der Waals surface area contributed by atoms with Crippen molar-refractivity contribution in [2.75, 3.05) is 19.6 Å². The number of anilines is 1. The van der Waals surface area contributed by atoms with Crippen LogP contribution in [-0.4, -0.2) is 31.5 Å². The van der Waals surface area contributed by atoms with E-state index in [2.05, 4.69) is 10.5 Å². The molecule has 22 heavy (non-hydrogen) atoms. The Labute approximate surface area is 128 Å². The third-order valence-corrected chi connectivity index (χ3v) is 2.98. The Bertz CT molecular complexity index is 698. The van der Waals surface area contributed by atoms with Gasteiger partial charge in [0.2, 0.25) is 0 Å². The largest absolute Gasteiger partial charge is 0.493 e. The van der Waals surface area contributed by atoms with Crippen molar-refractivity contribution in [3.05, 3.63) is 53.6 Å². The molecule has 2 aromatic carbocycles. The van der Waals surface area contributed by atoms with Gasteiger partial charge >= 0.3 is 5.97 Å². The number of hydrogen-bond donors (Lipinski definition) is 2. The van der Waals surface area contributed by atoms with E-state index in [-0.39, 0.29) is 5.56 Å². The van der Waals surface area contributed by atoms with Crippen molar-refractivity contribution in [3.63, 3.8) is 0 Å². The van der Waals surface area contributed by atoms with Crippen LogP contribution in [-0.2, 0) is 0 Å². The van der Waals surface area contributed by atoms with E-state index < -0.39 is 5.97 Å². The number of methoxy groups -OCH3 is 2. The van der Waals surface area contributed by atoms with Gasteiger partial charge in [-0.2, -0.15) is 5.10 Å². The molecule has 0 amide bonds. The van der Waals surface area contributed by atoms with Crippen molar-refractivity contribution in [1.29, 1.82) is 0 Å². The van der Waals surface area contributed by atoms with Gasteiger partial charge in [0.1, 0.15) is 0 Å². The molecule has 6 nitrogen and oxygen atoms in total. The fourth-order valence-electron chi connectivity index (χ4n) is 1.95. The molecule has 0 saturated heterocycles. The summed E-state index contributed by atoms with van der Waals surface area (Å²) in [5, 5.41) is 13.2. The van der Waals surface area contributed by atoms with Gasteiger partial charge in [-0.05, 0) is 24.3 Å². The van der Waals surface area contributed by atoms with Crippen LogP contribution in [0.25, 0.3) is 0 Å². The summed E-state index contributed by atoms with van der Waals surface area (Å²) >= 11 is 0. The molecule has 0 heterocycles. The van der Waals surface area contributed by atoms with Crippen molar-refractivity contribution >= 4 is 17.9 Å². The number of benzene rings is 2. The number of rotatable bonds is 6. The van der Waals surface area contributed by atoms with Gasteiger partial charge in [0.25, 0.3) is 0 Å². The zero-order chi connectivity index (χ0) is 15.9. The number of hydrogen-bond acceptors (Lipinski definition) is 5. The van der Waals surface area contributed by atoms with Gasteiger partial charge in [0.05, 0.1) is 31.7 Å². The van der Waals surface area contributed by atoms with Crippen LogP contribution in [0.2, 0.25) is 0 Å². The van der Waals surface area contributed by atoms with E-state index >= 15 is 0 Å². The summed E-state index contributed by atoms with van der Waals surface area (Å²) in [6.07, 6.45) is 1.54. The monoisotopic (exact) mass is 300 g/mol. The number of hydrazone groups is 1. The predicted octanol–water partition coefficient (Wildman–Crippen LogP) is 2.85. The zero-order valence-electron chi connectivity index (χ0n) is 12.2. The molecule has 0 aliphatic carbocycles. The maximum Gasteiger partial charge on any atom is 0.337 e. The number of carbonyl (C=O) groups is 1. The van der Waals surface area contributed by atoms with Crippen LogP contribution in [0.1, 0.15) is 15.9 Å². The first kappa shape index (κ1) is 15.4. The van der Waals surface area contributed by atoms with Crippen LogP contribution in [0.3, 0.4) is 0 Å². The second-order valence-corrected chi connectivity index (χ2v) is 4.30. The van der Waals surface area contributed by atoms with Crippen LogP contribution in [0.4, 0.5) is 5.69 Å². The average molecular weight is 300 g/mol. The SMILES string of the molecule is COc1cccc(/C=N\Nc2ccccc2C(=O)O)c1OC. The lowest BCUT2D eigenvalue weighted by Crippen LogP contribution is -2.02. The fraction of sp³-hybridized carbons (Fsp3) is 0.125. The smallest absolute Gasteiger partial charge is 0.337 e. The number of carboxylic acid groups (broad SMARTS) is 1. The maximum absolute atomic E-state index is 11.1. The lowest BCUT2D eigenvalue weighted by Gasteiger charge is -2.09. The number of nitrogens with zero attached hydrogens (tertiary/aromatic N) is 1. The minimum atomic E-state index is -1.02.